The predicted molar refractivity (Wildman–Crippen MR) is 125 cm³/mol. The minimum atomic E-state index is -5.18. The number of halogens is 6. The van der Waals surface area contributed by atoms with Crippen molar-refractivity contribution in [2.75, 3.05) is 13.1 Å². The first-order valence-corrected chi connectivity index (χ1v) is 12.2. The Balaban J connectivity index is 1.48. The van der Waals surface area contributed by atoms with E-state index in [1.54, 1.807) is 0 Å². The Labute approximate surface area is 227 Å². The maximum Gasteiger partial charge on any atom is 0.417 e. The van der Waals surface area contributed by atoms with Crippen LogP contribution in [0.1, 0.15) is 41.3 Å². The molecule has 2 fully saturated rings. The molecule has 0 bridgehead atoms. The fraction of sp³-hybridized carbons (Fsp3) is 0.522. The van der Waals surface area contributed by atoms with E-state index in [0.29, 0.717) is 5.06 Å². The van der Waals surface area contributed by atoms with Gasteiger partial charge in [-0.25, -0.2) is 14.8 Å². The van der Waals surface area contributed by atoms with Crippen molar-refractivity contribution in [1.29, 1.82) is 0 Å². The van der Waals surface area contributed by atoms with Crippen molar-refractivity contribution in [3.05, 3.63) is 34.9 Å². The van der Waals surface area contributed by atoms with Crippen molar-refractivity contribution < 1.29 is 50.7 Å². The average Bonchev–Trinajstić information content (AvgIpc) is 3.46. The fourth-order valence-electron chi connectivity index (χ4n) is 5.93. The van der Waals surface area contributed by atoms with Gasteiger partial charge in [0.05, 0.1) is 35.8 Å². The molecule has 2 amide bonds. The van der Waals surface area contributed by atoms with E-state index in [4.69, 9.17) is 16.2 Å². The number of benzene rings is 1. The summed E-state index contributed by atoms with van der Waals surface area (Å²) in [6.07, 6.45) is -11.6. The summed E-state index contributed by atoms with van der Waals surface area (Å²) in [6, 6.07) is -1.70. The normalized spacial score (nSPS) is 29.9. The standard InChI is InChI=1S/C23H23F6N7O5/c1-9-14(41-18(39)11-6-10(22(24,25)26)2-3-12(11)23(27,28)29)8-35-19(30)32-13(7-34-15(37)4-5-16(34)38)17-21(9,35)36(40)20(31)33-17/h2-3,6,9,13-14,17,40H,4-5,7-8H2,1H3,(H2,30,32)(H2,31,33)/t9?,13-,14-,17?,21?/m0/s1. The minimum absolute atomic E-state index is 0.00586. The van der Waals surface area contributed by atoms with Gasteiger partial charge in [0.1, 0.15) is 12.1 Å². The maximum atomic E-state index is 13.6. The van der Waals surface area contributed by atoms with E-state index in [0.717, 1.165) is 4.90 Å². The number of aliphatic imine (C=N–C) groups is 2. The van der Waals surface area contributed by atoms with Gasteiger partial charge in [0.25, 0.3) is 0 Å². The largest absolute Gasteiger partial charge is 0.456 e. The predicted octanol–water partition coefficient (Wildman–Crippen LogP) is 1.13. The van der Waals surface area contributed by atoms with Gasteiger partial charge in [0, 0.05) is 18.8 Å². The molecular formula is C23H23F6N7O5. The molecule has 0 radical (unpaired) electrons. The number of likely N-dealkylation sites (tertiary alicyclic amines) is 1. The Morgan fingerprint density at radius 1 is 1.07 bits per heavy atom. The molecule has 5 rings (SSSR count). The van der Waals surface area contributed by atoms with Crippen LogP contribution in [-0.2, 0) is 26.7 Å². The lowest BCUT2D eigenvalue weighted by molar-refractivity contribution is -0.170. The molecule has 0 saturated carbocycles. The second-order valence-electron chi connectivity index (χ2n) is 10.1. The van der Waals surface area contributed by atoms with Gasteiger partial charge in [0.15, 0.2) is 11.6 Å². The number of nitrogens with zero attached hydrogens (tertiary/aromatic N) is 5. The molecule has 12 nitrogen and oxygen atoms in total. The number of carbonyl (C=O) groups excluding carboxylic acids is 3. The number of esters is 1. The highest BCUT2D eigenvalue weighted by atomic mass is 19.4. The van der Waals surface area contributed by atoms with E-state index < -0.39 is 82.6 Å². The van der Waals surface area contributed by atoms with Crippen molar-refractivity contribution in [3.8, 4) is 0 Å². The van der Waals surface area contributed by atoms with Gasteiger partial charge in [-0.05, 0) is 18.2 Å². The number of hydroxylamine groups is 2. The summed E-state index contributed by atoms with van der Waals surface area (Å²) in [4.78, 5) is 48.3. The zero-order valence-corrected chi connectivity index (χ0v) is 21.1. The lowest BCUT2D eigenvalue weighted by atomic mass is 9.82. The molecular weight excluding hydrogens is 568 g/mol. The molecule has 4 aliphatic rings. The van der Waals surface area contributed by atoms with Crippen LogP contribution < -0.4 is 11.5 Å². The Bertz CT molecular complexity index is 1370. The van der Waals surface area contributed by atoms with E-state index in [9.17, 15) is 45.9 Å². The van der Waals surface area contributed by atoms with Crippen molar-refractivity contribution in [3.63, 3.8) is 0 Å². The number of alkyl halides is 6. The number of guanidine groups is 2. The molecule has 41 heavy (non-hydrogen) atoms. The summed E-state index contributed by atoms with van der Waals surface area (Å²) in [5.41, 5.74) is 5.89. The number of ether oxygens (including phenoxy) is 1. The Hall–Kier alpha value is -4.09. The number of nitrogens with two attached hydrogens (primary N) is 2. The molecule has 0 aliphatic carbocycles. The summed E-state index contributed by atoms with van der Waals surface area (Å²) in [5, 5.41) is 11.6. The van der Waals surface area contributed by atoms with Gasteiger partial charge in [-0.15, -0.1) is 0 Å². The highest BCUT2D eigenvalue weighted by Gasteiger charge is 2.69. The van der Waals surface area contributed by atoms with E-state index >= 15 is 0 Å². The number of hydrogen-bond acceptors (Lipinski definition) is 11. The molecule has 1 aromatic carbocycles. The van der Waals surface area contributed by atoms with Crippen LogP contribution in [0.25, 0.3) is 0 Å². The summed E-state index contributed by atoms with van der Waals surface area (Å²) >= 11 is 0. The summed E-state index contributed by atoms with van der Waals surface area (Å²) < 4.78 is 85.9. The number of carbonyl (C=O) groups is 3. The third-order valence-electron chi connectivity index (χ3n) is 7.88. The second kappa shape index (κ2) is 9.22. The van der Waals surface area contributed by atoms with Gasteiger partial charge in [-0.1, -0.05) is 6.92 Å². The quantitative estimate of drug-likeness (QED) is 0.264. The second-order valence-corrected chi connectivity index (χ2v) is 10.1. The van der Waals surface area contributed by atoms with E-state index in [-0.39, 0.29) is 50.1 Å². The molecule has 222 valence electrons. The smallest absolute Gasteiger partial charge is 0.417 e. The monoisotopic (exact) mass is 591 g/mol. The van der Waals surface area contributed by atoms with Gasteiger partial charge >= 0.3 is 18.3 Å². The molecule has 4 heterocycles. The van der Waals surface area contributed by atoms with Crippen LogP contribution in [0.15, 0.2) is 28.2 Å². The van der Waals surface area contributed by atoms with Crippen LogP contribution >= 0.6 is 0 Å². The molecule has 4 aliphatic heterocycles. The molecule has 0 aromatic heterocycles. The summed E-state index contributed by atoms with van der Waals surface area (Å²) in [6.45, 7) is 0.827. The molecule has 2 saturated heterocycles. The van der Waals surface area contributed by atoms with Crippen LogP contribution in [0.3, 0.4) is 0 Å². The van der Waals surface area contributed by atoms with Crippen molar-refractivity contribution in [2.24, 2.45) is 27.4 Å². The first kappa shape index (κ1) is 28.4. The van der Waals surface area contributed by atoms with Crippen molar-refractivity contribution in [1.82, 2.24) is 14.9 Å². The van der Waals surface area contributed by atoms with Crippen molar-refractivity contribution >= 4 is 29.7 Å². The fourth-order valence-corrected chi connectivity index (χ4v) is 5.93. The number of imide groups is 1. The maximum absolute atomic E-state index is 13.6. The molecule has 3 unspecified atom stereocenters. The summed E-state index contributed by atoms with van der Waals surface area (Å²) in [7, 11) is 0. The van der Waals surface area contributed by atoms with Crippen molar-refractivity contribution in [2.45, 2.75) is 56.0 Å². The van der Waals surface area contributed by atoms with Crippen LogP contribution in [0.2, 0.25) is 0 Å². The Morgan fingerprint density at radius 2 is 1.71 bits per heavy atom. The lowest BCUT2D eigenvalue weighted by Gasteiger charge is -2.49. The van der Waals surface area contributed by atoms with Crippen LogP contribution in [-0.4, -0.2) is 86.7 Å². The third kappa shape index (κ3) is 4.31. The SMILES string of the molecule is CC1[C@@H](OC(=O)c2cc(C(F)(F)F)ccc2C(F)(F)F)CN2C(N)=N[C@@H](CN3C(=O)CCC3=O)C3N=C(N)N(O)C312. The molecule has 18 heteroatoms. The van der Waals surface area contributed by atoms with Gasteiger partial charge in [-0.2, -0.15) is 31.4 Å². The van der Waals surface area contributed by atoms with E-state index in [2.05, 4.69) is 9.98 Å². The number of hydrogen-bond donors (Lipinski definition) is 3. The molecule has 5 atom stereocenters. The highest BCUT2D eigenvalue weighted by Crippen LogP contribution is 2.49. The average molecular weight is 591 g/mol. The van der Waals surface area contributed by atoms with Crippen LogP contribution in [0, 0.1) is 5.92 Å². The van der Waals surface area contributed by atoms with Crippen LogP contribution in [0.4, 0.5) is 26.3 Å². The number of amides is 2. The third-order valence-corrected chi connectivity index (χ3v) is 7.88. The molecule has 1 aromatic rings. The van der Waals surface area contributed by atoms with E-state index in [1.165, 1.54) is 11.8 Å². The molecule has 5 N–H and O–H groups in total. The minimum Gasteiger partial charge on any atom is -0.456 e. The first-order valence-electron chi connectivity index (χ1n) is 12.2. The van der Waals surface area contributed by atoms with Crippen LogP contribution in [0.5, 0.6) is 0 Å². The zero-order valence-electron chi connectivity index (χ0n) is 21.1. The highest BCUT2D eigenvalue weighted by molar-refractivity contribution is 6.02. The lowest BCUT2D eigenvalue weighted by Crippen LogP contribution is -2.71. The van der Waals surface area contributed by atoms with Gasteiger partial charge < -0.3 is 21.1 Å². The zero-order chi connectivity index (χ0) is 30.2. The van der Waals surface area contributed by atoms with E-state index in [1.807, 2.05) is 0 Å². The topological polar surface area (TPSA) is 167 Å². The Kier molecular flexibility index (Phi) is 6.39. The summed E-state index contributed by atoms with van der Waals surface area (Å²) in [5.74, 6) is -4.29. The first-order chi connectivity index (χ1) is 19.0. The Morgan fingerprint density at radius 3 is 2.29 bits per heavy atom. The number of rotatable bonds is 4. The molecule has 1 spiro atoms. The van der Waals surface area contributed by atoms with Gasteiger partial charge in [-0.3, -0.25) is 19.7 Å². The van der Waals surface area contributed by atoms with Gasteiger partial charge in [0.2, 0.25) is 17.8 Å².